The van der Waals surface area contributed by atoms with Gasteiger partial charge in [0.05, 0.1) is 16.3 Å². The molecule has 2 amide bonds. The summed E-state index contributed by atoms with van der Waals surface area (Å²) in [4.78, 5) is 24.4. The van der Waals surface area contributed by atoms with Gasteiger partial charge in [-0.15, -0.1) is 0 Å². The van der Waals surface area contributed by atoms with Gasteiger partial charge >= 0.3 is 0 Å². The molecule has 2 aromatic rings. The number of hydrogen-bond acceptors (Lipinski definition) is 5. The first-order valence-corrected chi connectivity index (χ1v) is 11.3. The number of aromatic nitrogens is 2. The molecule has 1 fully saturated rings. The standard InChI is InChI=1S/C20H27N5O4S/c1-12(2)14-4-6-16(7-5-14)30(28,29)25-10-8-15(9-11-25)20(27)22-17-13(3)23-24-18(17)19(21)26/h4-7,12,15H,8-11H2,1-3H3,(H2,21,26)(H,22,27)(H,23,24). The summed E-state index contributed by atoms with van der Waals surface area (Å²) in [5.41, 5.74) is 7.14. The van der Waals surface area contributed by atoms with Gasteiger partial charge in [0.15, 0.2) is 5.69 Å². The number of carbonyl (C=O) groups is 2. The first-order chi connectivity index (χ1) is 14.1. The molecule has 30 heavy (non-hydrogen) atoms. The van der Waals surface area contributed by atoms with Crippen molar-refractivity contribution in [2.75, 3.05) is 18.4 Å². The third-order valence-corrected chi connectivity index (χ3v) is 7.35. The zero-order valence-electron chi connectivity index (χ0n) is 17.3. The first kappa shape index (κ1) is 22.0. The Labute approximate surface area is 176 Å². The summed E-state index contributed by atoms with van der Waals surface area (Å²) in [6.45, 7) is 6.28. The molecule has 2 heterocycles. The lowest BCUT2D eigenvalue weighted by Crippen LogP contribution is -2.41. The number of nitrogens with two attached hydrogens (primary N) is 1. The van der Waals surface area contributed by atoms with Gasteiger partial charge < -0.3 is 11.1 Å². The molecular formula is C20H27N5O4S. The van der Waals surface area contributed by atoms with Crippen LogP contribution in [0.3, 0.4) is 0 Å². The maximum absolute atomic E-state index is 12.9. The molecule has 1 aromatic heterocycles. The lowest BCUT2D eigenvalue weighted by atomic mass is 9.97. The topological polar surface area (TPSA) is 138 Å². The second-order valence-corrected chi connectivity index (χ2v) is 9.77. The normalized spacial score (nSPS) is 16.0. The minimum atomic E-state index is -3.60. The molecule has 162 valence electrons. The molecule has 0 radical (unpaired) electrons. The van der Waals surface area contributed by atoms with Gasteiger partial charge in [0.2, 0.25) is 15.9 Å². The van der Waals surface area contributed by atoms with Crippen LogP contribution in [0.15, 0.2) is 29.2 Å². The number of aromatic amines is 1. The molecule has 9 nitrogen and oxygen atoms in total. The van der Waals surface area contributed by atoms with Crippen molar-refractivity contribution < 1.29 is 18.0 Å². The predicted molar refractivity (Wildman–Crippen MR) is 112 cm³/mol. The summed E-state index contributed by atoms with van der Waals surface area (Å²) in [7, 11) is -3.60. The van der Waals surface area contributed by atoms with E-state index in [1.54, 1.807) is 19.1 Å². The number of amides is 2. The summed E-state index contributed by atoms with van der Waals surface area (Å²) in [6.07, 6.45) is 0.774. The van der Waals surface area contributed by atoms with E-state index in [1.807, 2.05) is 12.1 Å². The Hall–Kier alpha value is -2.72. The van der Waals surface area contributed by atoms with E-state index in [-0.39, 0.29) is 41.2 Å². The first-order valence-electron chi connectivity index (χ1n) is 9.87. The van der Waals surface area contributed by atoms with E-state index in [9.17, 15) is 18.0 Å². The van der Waals surface area contributed by atoms with E-state index in [2.05, 4.69) is 29.4 Å². The van der Waals surface area contributed by atoms with Crippen molar-refractivity contribution >= 4 is 27.5 Å². The van der Waals surface area contributed by atoms with Gasteiger partial charge in [-0.3, -0.25) is 14.7 Å². The van der Waals surface area contributed by atoms with E-state index < -0.39 is 15.9 Å². The number of primary amides is 1. The van der Waals surface area contributed by atoms with Crippen molar-refractivity contribution in [2.45, 2.75) is 44.4 Å². The van der Waals surface area contributed by atoms with Gasteiger partial charge in [-0.1, -0.05) is 26.0 Å². The van der Waals surface area contributed by atoms with Crippen molar-refractivity contribution in [1.82, 2.24) is 14.5 Å². The summed E-state index contributed by atoms with van der Waals surface area (Å²) in [5.74, 6) is -1.06. The maximum atomic E-state index is 12.9. The number of nitrogens with one attached hydrogen (secondary N) is 2. The fraction of sp³-hybridized carbons (Fsp3) is 0.450. The van der Waals surface area contributed by atoms with E-state index in [4.69, 9.17) is 5.73 Å². The SMILES string of the molecule is Cc1[nH]nc(C(N)=O)c1NC(=O)C1CCN(S(=O)(=O)c2ccc(C(C)C)cc2)CC1. The number of benzene rings is 1. The van der Waals surface area contributed by atoms with Crippen molar-refractivity contribution in [1.29, 1.82) is 0 Å². The minimum absolute atomic E-state index is 0.0225. The zero-order valence-corrected chi connectivity index (χ0v) is 18.1. The van der Waals surface area contributed by atoms with Crippen molar-refractivity contribution in [3.05, 3.63) is 41.2 Å². The Kier molecular flexibility index (Phi) is 6.27. The molecule has 4 N–H and O–H groups in total. The van der Waals surface area contributed by atoms with Crippen LogP contribution in [0.4, 0.5) is 5.69 Å². The molecule has 0 atom stereocenters. The maximum Gasteiger partial charge on any atom is 0.271 e. The van der Waals surface area contributed by atoms with Crippen molar-refractivity contribution in [3.8, 4) is 0 Å². The highest BCUT2D eigenvalue weighted by atomic mass is 32.2. The molecular weight excluding hydrogens is 406 g/mol. The fourth-order valence-corrected chi connectivity index (χ4v) is 4.99. The van der Waals surface area contributed by atoms with Crippen LogP contribution in [-0.2, 0) is 14.8 Å². The molecule has 1 aliphatic heterocycles. The van der Waals surface area contributed by atoms with E-state index in [0.717, 1.165) is 5.56 Å². The minimum Gasteiger partial charge on any atom is -0.364 e. The van der Waals surface area contributed by atoms with Crippen LogP contribution in [0.25, 0.3) is 0 Å². The number of piperidine rings is 1. The van der Waals surface area contributed by atoms with Gasteiger partial charge in [-0.2, -0.15) is 9.40 Å². The molecule has 0 bridgehead atoms. The third kappa shape index (κ3) is 4.39. The molecule has 1 saturated heterocycles. The van der Waals surface area contributed by atoms with Crippen LogP contribution >= 0.6 is 0 Å². The van der Waals surface area contributed by atoms with Crippen LogP contribution in [0.5, 0.6) is 0 Å². The van der Waals surface area contributed by atoms with Crippen molar-refractivity contribution in [2.24, 2.45) is 11.7 Å². The number of hydrogen-bond donors (Lipinski definition) is 3. The van der Waals surface area contributed by atoms with Crippen LogP contribution in [0.2, 0.25) is 0 Å². The van der Waals surface area contributed by atoms with Crippen LogP contribution in [0.1, 0.15) is 54.4 Å². The zero-order chi connectivity index (χ0) is 22.1. The number of carbonyl (C=O) groups excluding carboxylic acids is 2. The Bertz CT molecular complexity index is 1040. The highest BCUT2D eigenvalue weighted by molar-refractivity contribution is 7.89. The van der Waals surface area contributed by atoms with Gasteiger partial charge in [0, 0.05) is 19.0 Å². The lowest BCUT2D eigenvalue weighted by Gasteiger charge is -2.30. The molecule has 0 spiro atoms. The molecule has 10 heteroatoms. The average Bonchev–Trinajstić information content (AvgIpc) is 3.08. The Morgan fingerprint density at radius 3 is 2.33 bits per heavy atom. The number of anilines is 1. The third-order valence-electron chi connectivity index (χ3n) is 5.44. The summed E-state index contributed by atoms with van der Waals surface area (Å²) in [6, 6.07) is 6.94. The van der Waals surface area contributed by atoms with Gasteiger partial charge in [-0.25, -0.2) is 8.42 Å². The number of aryl methyl sites for hydroxylation is 1. The average molecular weight is 434 g/mol. The van der Waals surface area contributed by atoms with Crippen molar-refractivity contribution in [3.63, 3.8) is 0 Å². The number of rotatable bonds is 6. The smallest absolute Gasteiger partial charge is 0.271 e. The lowest BCUT2D eigenvalue weighted by molar-refractivity contribution is -0.120. The number of H-pyrrole nitrogens is 1. The number of sulfonamides is 1. The van der Waals surface area contributed by atoms with Crippen LogP contribution < -0.4 is 11.1 Å². The molecule has 3 rings (SSSR count). The highest BCUT2D eigenvalue weighted by Crippen LogP contribution is 2.27. The second-order valence-electron chi connectivity index (χ2n) is 7.83. The molecule has 0 saturated carbocycles. The Morgan fingerprint density at radius 1 is 1.20 bits per heavy atom. The Morgan fingerprint density at radius 2 is 1.80 bits per heavy atom. The molecule has 0 aliphatic carbocycles. The van der Waals surface area contributed by atoms with Gasteiger partial charge in [0.1, 0.15) is 0 Å². The van der Waals surface area contributed by atoms with E-state index >= 15 is 0 Å². The summed E-state index contributed by atoms with van der Waals surface area (Å²) in [5, 5.41) is 9.15. The fourth-order valence-electron chi connectivity index (χ4n) is 3.52. The molecule has 0 unspecified atom stereocenters. The highest BCUT2D eigenvalue weighted by Gasteiger charge is 2.33. The predicted octanol–water partition coefficient (Wildman–Crippen LogP) is 1.98. The largest absolute Gasteiger partial charge is 0.364 e. The quantitative estimate of drug-likeness (QED) is 0.639. The molecule has 1 aliphatic rings. The Balaban J connectivity index is 1.65. The second kappa shape index (κ2) is 8.57. The molecule has 1 aromatic carbocycles. The van der Waals surface area contributed by atoms with Crippen LogP contribution in [-0.4, -0.2) is 47.8 Å². The van der Waals surface area contributed by atoms with E-state index in [0.29, 0.717) is 24.5 Å². The van der Waals surface area contributed by atoms with Gasteiger partial charge in [-0.05, 0) is 43.4 Å². The van der Waals surface area contributed by atoms with E-state index in [1.165, 1.54) is 4.31 Å². The van der Waals surface area contributed by atoms with Gasteiger partial charge in [0.25, 0.3) is 5.91 Å². The monoisotopic (exact) mass is 433 g/mol. The van der Waals surface area contributed by atoms with Crippen LogP contribution in [0, 0.1) is 12.8 Å². The number of nitrogens with zero attached hydrogens (tertiary/aromatic N) is 2. The summed E-state index contributed by atoms with van der Waals surface area (Å²) < 4.78 is 27.3. The summed E-state index contributed by atoms with van der Waals surface area (Å²) >= 11 is 0.